The number of nitrogens with two attached hydrogens (primary N) is 2. The van der Waals surface area contributed by atoms with Crippen LogP contribution in [0.5, 0.6) is 0 Å². The highest BCUT2D eigenvalue weighted by Gasteiger charge is 2.16. The summed E-state index contributed by atoms with van der Waals surface area (Å²) in [6.45, 7) is 14.2. The van der Waals surface area contributed by atoms with Crippen LogP contribution in [0.2, 0.25) is 0 Å². The molecule has 0 fully saturated rings. The molecule has 0 aliphatic heterocycles. The van der Waals surface area contributed by atoms with Crippen molar-refractivity contribution in [3.05, 3.63) is 59.7 Å². The highest BCUT2D eigenvalue weighted by Crippen LogP contribution is 2.14. The number of anilines is 2. The molecule has 0 unspecified atom stereocenters. The van der Waals surface area contributed by atoms with Crippen LogP contribution >= 0.6 is 0 Å². The maximum Gasteiger partial charge on any atom is 0.193 e. The van der Waals surface area contributed by atoms with Crippen LogP contribution in [-0.2, 0) is 0 Å². The molecule has 0 heterocycles. The number of halogens is 1. The molecule has 144 valence electrons. The molecule has 0 spiro atoms. The molecule has 0 saturated heterocycles. The fourth-order valence-corrected chi connectivity index (χ4v) is 2.87. The van der Waals surface area contributed by atoms with Crippen molar-refractivity contribution in [3.63, 3.8) is 0 Å². The number of hydrogen-bond donors (Lipinski definition) is 2. The van der Waals surface area contributed by atoms with Gasteiger partial charge in [-0.3, -0.25) is 4.79 Å². The van der Waals surface area contributed by atoms with Crippen LogP contribution in [0.3, 0.4) is 0 Å². The molecular formula is C21H32BrN3O. The molecule has 4 nitrogen and oxygen atoms in total. The third kappa shape index (κ3) is 6.81. The van der Waals surface area contributed by atoms with Crippen LogP contribution in [0.15, 0.2) is 48.5 Å². The first-order valence-corrected chi connectivity index (χ1v) is 9.02. The van der Waals surface area contributed by atoms with Crippen molar-refractivity contribution in [2.75, 3.05) is 37.6 Å². The summed E-state index contributed by atoms with van der Waals surface area (Å²) < 4.78 is 1.28. The van der Waals surface area contributed by atoms with Gasteiger partial charge in [0.15, 0.2) is 5.78 Å². The minimum absolute atomic E-state index is 0. The monoisotopic (exact) mass is 421 g/mol. The van der Waals surface area contributed by atoms with Gasteiger partial charge in [0.1, 0.15) is 0 Å². The van der Waals surface area contributed by atoms with Gasteiger partial charge < -0.3 is 32.9 Å². The van der Waals surface area contributed by atoms with Gasteiger partial charge in [0.2, 0.25) is 0 Å². The van der Waals surface area contributed by atoms with Gasteiger partial charge in [-0.25, -0.2) is 0 Å². The average molecular weight is 422 g/mol. The van der Waals surface area contributed by atoms with Crippen molar-refractivity contribution in [3.8, 4) is 0 Å². The molecule has 0 radical (unpaired) electrons. The van der Waals surface area contributed by atoms with Gasteiger partial charge in [0, 0.05) is 22.5 Å². The number of hydrogen-bond acceptors (Lipinski definition) is 3. The van der Waals surface area contributed by atoms with Gasteiger partial charge in [0.25, 0.3) is 0 Å². The van der Waals surface area contributed by atoms with Crippen LogP contribution < -0.4 is 28.4 Å². The zero-order valence-corrected chi connectivity index (χ0v) is 17.9. The largest absolute Gasteiger partial charge is 1.00 e. The van der Waals surface area contributed by atoms with Crippen LogP contribution in [0.4, 0.5) is 11.4 Å². The first-order chi connectivity index (χ1) is 11.9. The summed E-state index contributed by atoms with van der Waals surface area (Å²) in [6, 6.07) is 13.8. The fraction of sp³-hybridized carbons (Fsp3) is 0.381. The van der Waals surface area contributed by atoms with E-state index < -0.39 is 0 Å². The molecule has 26 heavy (non-hydrogen) atoms. The summed E-state index contributed by atoms with van der Waals surface area (Å²) in [4.78, 5) is 12.0. The van der Waals surface area contributed by atoms with Crippen molar-refractivity contribution in [2.24, 2.45) is 0 Å². The number of rotatable bonds is 6. The van der Waals surface area contributed by atoms with E-state index in [1.165, 1.54) is 30.7 Å². The van der Waals surface area contributed by atoms with E-state index in [1.807, 2.05) is 0 Å². The summed E-state index contributed by atoms with van der Waals surface area (Å²) in [5.41, 5.74) is 13.6. The SMILES string of the molecule is CC[N+](CC)(CC)CC.Nc1cccc(C(=O)c2cccc(N)c2)c1.[Br-]. The quantitative estimate of drug-likeness (QED) is 0.414. The third-order valence-corrected chi connectivity index (χ3v) is 4.98. The van der Waals surface area contributed by atoms with Crippen LogP contribution in [-0.4, -0.2) is 36.4 Å². The molecule has 2 rings (SSSR count). The number of carbonyl (C=O) groups is 1. The second-order valence-corrected chi connectivity index (χ2v) is 6.19. The van der Waals surface area contributed by atoms with E-state index in [1.54, 1.807) is 48.5 Å². The van der Waals surface area contributed by atoms with Gasteiger partial charge in [-0.05, 0) is 52.0 Å². The molecule has 5 heteroatoms. The Morgan fingerprint density at radius 2 is 1.12 bits per heavy atom. The third-order valence-electron chi connectivity index (χ3n) is 4.98. The molecular weight excluding hydrogens is 390 g/mol. The second-order valence-electron chi connectivity index (χ2n) is 6.19. The highest BCUT2D eigenvalue weighted by molar-refractivity contribution is 6.09. The fourth-order valence-electron chi connectivity index (χ4n) is 2.87. The number of quaternary nitrogens is 1. The van der Waals surface area contributed by atoms with E-state index in [9.17, 15) is 4.79 Å². The topological polar surface area (TPSA) is 69.1 Å². The van der Waals surface area contributed by atoms with Gasteiger partial charge in [-0.15, -0.1) is 0 Å². The normalized spacial score (nSPS) is 10.3. The summed E-state index contributed by atoms with van der Waals surface area (Å²) in [7, 11) is 0. The van der Waals surface area contributed by atoms with Gasteiger partial charge >= 0.3 is 0 Å². The lowest BCUT2D eigenvalue weighted by atomic mass is 10.0. The predicted molar refractivity (Wildman–Crippen MR) is 108 cm³/mol. The van der Waals surface area contributed by atoms with Gasteiger partial charge in [-0.2, -0.15) is 0 Å². The molecule has 0 aliphatic rings. The maximum atomic E-state index is 12.0. The van der Waals surface area contributed by atoms with Crippen LogP contribution in [0, 0.1) is 0 Å². The Bertz CT molecular complexity index is 619. The number of benzene rings is 2. The average Bonchev–Trinajstić information content (AvgIpc) is 2.64. The Morgan fingerprint density at radius 3 is 1.35 bits per heavy atom. The van der Waals surface area contributed by atoms with E-state index in [2.05, 4.69) is 27.7 Å². The Hall–Kier alpha value is -1.85. The highest BCUT2D eigenvalue weighted by atomic mass is 79.9. The number of nitrogen functional groups attached to an aromatic ring is 2. The summed E-state index contributed by atoms with van der Waals surface area (Å²) in [6.07, 6.45) is 0. The molecule has 0 bridgehead atoms. The first kappa shape index (κ1) is 24.1. The number of nitrogens with zero attached hydrogens (tertiary/aromatic N) is 1. The summed E-state index contributed by atoms with van der Waals surface area (Å²) in [5.74, 6) is -0.0698. The Labute approximate surface area is 168 Å². The van der Waals surface area contributed by atoms with Gasteiger partial charge in [-0.1, -0.05) is 24.3 Å². The summed E-state index contributed by atoms with van der Waals surface area (Å²) in [5, 5.41) is 0. The number of carbonyl (C=O) groups excluding carboxylic acids is 1. The van der Waals surface area contributed by atoms with Gasteiger partial charge in [0.05, 0.1) is 26.2 Å². The molecule has 0 amide bonds. The van der Waals surface area contributed by atoms with Crippen LogP contribution in [0.1, 0.15) is 43.6 Å². The minimum Gasteiger partial charge on any atom is -1.00 e. The Kier molecular flexibility index (Phi) is 10.9. The van der Waals surface area contributed by atoms with E-state index in [-0.39, 0.29) is 22.8 Å². The Balaban J connectivity index is 0.000000543. The zero-order valence-electron chi connectivity index (χ0n) is 16.3. The lowest BCUT2D eigenvalue weighted by Gasteiger charge is -2.34. The maximum absolute atomic E-state index is 12.0. The first-order valence-electron chi connectivity index (χ1n) is 9.02. The summed E-state index contributed by atoms with van der Waals surface area (Å²) >= 11 is 0. The van der Waals surface area contributed by atoms with E-state index in [4.69, 9.17) is 11.5 Å². The molecule has 0 aliphatic carbocycles. The molecule has 2 aromatic carbocycles. The zero-order chi connectivity index (χ0) is 18.9. The smallest absolute Gasteiger partial charge is 0.193 e. The Morgan fingerprint density at radius 1 is 0.769 bits per heavy atom. The molecule has 0 aromatic heterocycles. The lowest BCUT2D eigenvalue weighted by Crippen LogP contribution is -3.00. The predicted octanol–water partition coefficient (Wildman–Crippen LogP) is 0.969. The van der Waals surface area contributed by atoms with Crippen LogP contribution in [0.25, 0.3) is 0 Å². The van der Waals surface area contributed by atoms with Crippen molar-refractivity contribution < 1.29 is 26.3 Å². The van der Waals surface area contributed by atoms with E-state index >= 15 is 0 Å². The second kappa shape index (κ2) is 11.7. The minimum atomic E-state index is -0.0698. The van der Waals surface area contributed by atoms with Crippen molar-refractivity contribution in [2.45, 2.75) is 27.7 Å². The van der Waals surface area contributed by atoms with E-state index in [0.29, 0.717) is 22.5 Å². The molecule has 4 N–H and O–H groups in total. The van der Waals surface area contributed by atoms with E-state index in [0.717, 1.165) is 0 Å². The standard InChI is InChI=1S/C13H12N2O.C8H20N.BrH/c14-11-5-1-3-9(7-11)13(16)10-4-2-6-12(15)8-10;1-5-9(6-2,7-3)8-4;/h1-8H,14-15H2;5-8H2,1-4H3;1H/q;+1;/p-1. The lowest BCUT2D eigenvalue weighted by molar-refractivity contribution is -0.921. The molecule has 0 atom stereocenters. The van der Waals surface area contributed by atoms with Crippen molar-refractivity contribution >= 4 is 17.2 Å². The number of ketones is 1. The van der Waals surface area contributed by atoms with Crippen molar-refractivity contribution in [1.82, 2.24) is 0 Å². The molecule has 0 saturated carbocycles. The molecule has 2 aromatic rings. The van der Waals surface area contributed by atoms with Crippen molar-refractivity contribution in [1.29, 1.82) is 0 Å².